The van der Waals surface area contributed by atoms with E-state index in [-0.39, 0.29) is 24.4 Å². The zero-order valence-electron chi connectivity index (χ0n) is 12.5. The van der Waals surface area contributed by atoms with Crippen LogP contribution >= 0.6 is 23.2 Å². The van der Waals surface area contributed by atoms with E-state index in [2.05, 4.69) is 10.6 Å². The molecule has 0 aliphatic carbocycles. The minimum atomic E-state index is -0.289. The van der Waals surface area contributed by atoms with E-state index in [1.165, 1.54) is 0 Å². The highest BCUT2D eigenvalue weighted by molar-refractivity contribution is 6.42. The summed E-state index contributed by atoms with van der Waals surface area (Å²) in [6.07, 6.45) is 0. The number of hydrogen-bond acceptors (Lipinski definition) is 2. The number of carbonyl (C=O) groups is 2. The van der Waals surface area contributed by atoms with Crippen LogP contribution in [0.15, 0.2) is 48.5 Å². The molecule has 2 aromatic rings. The summed E-state index contributed by atoms with van der Waals surface area (Å²) in [5.74, 6) is -0.573. The van der Waals surface area contributed by atoms with Crippen LogP contribution in [0, 0.1) is 0 Å². The normalized spacial score (nSPS) is 11.6. The Morgan fingerprint density at radius 2 is 1.74 bits per heavy atom. The standard InChI is InChI=1S/C17H16Cl2N2O2/c1-11(13-7-8-14(18)15(19)9-13)21-16(22)10-20-17(23)12-5-3-2-4-6-12/h2-9,11H,10H2,1H3,(H,20,23)(H,21,22). The Morgan fingerprint density at radius 1 is 1.04 bits per heavy atom. The van der Waals surface area contributed by atoms with Gasteiger partial charge < -0.3 is 10.6 Å². The molecule has 1 unspecified atom stereocenters. The molecule has 0 aliphatic heterocycles. The van der Waals surface area contributed by atoms with Crippen molar-refractivity contribution in [2.24, 2.45) is 0 Å². The Labute approximate surface area is 144 Å². The van der Waals surface area contributed by atoms with Crippen LogP contribution in [0.3, 0.4) is 0 Å². The van der Waals surface area contributed by atoms with Crippen molar-refractivity contribution in [1.82, 2.24) is 10.6 Å². The van der Waals surface area contributed by atoms with Crippen molar-refractivity contribution >= 4 is 35.0 Å². The maximum Gasteiger partial charge on any atom is 0.251 e. The fourth-order valence-corrected chi connectivity index (χ4v) is 2.32. The Balaban J connectivity index is 1.87. The van der Waals surface area contributed by atoms with Gasteiger partial charge in [0.25, 0.3) is 5.91 Å². The molecule has 0 bridgehead atoms. The Bertz CT molecular complexity index is 705. The van der Waals surface area contributed by atoms with Gasteiger partial charge in [0.15, 0.2) is 0 Å². The van der Waals surface area contributed by atoms with Gasteiger partial charge in [-0.15, -0.1) is 0 Å². The number of benzene rings is 2. The molecule has 0 fully saturated rings. The van der Waals surface area contributed by atoms with Gasteiger partial charge in [-0.1, -0.05) is 47.5 Å². The molecule has 2 rings (SSSR count). The van der Waals surface area contributed by atoms with Gasteiger partial charge in [0, 0.05) is 5.56 Å². The first-order valence-electron chi connectivity index (χ1n) is 7.05. The first kappa shape index (κ1) is 17.3. The third-order valence-corrected chi connectivity index (χ3v) is 4.01. The molecule has 120 valence electrons. The fraction of sp³-hybridized carbons (Fsp3) is 0.176. The van der Waals surface area contributed by atoms with E-state index in [0.717, 1.165) is 5.56 Å². The van der Waals surface area contributed by atoms with Crippen LogP contribution in [0.5, 0.6) is 0 Å². The third kappa shape index (κ3) is 4.98. The highest BCUT2D eigenvalue weighted by Gasteiger charge is 2.12. The molecule has 4 nitrogen and oxygen atoms in total. The Hall–Kier alpha value is -2.04. The van der Waals surface area contributed by atoms with E-state index in [9.17, 15) is 9.59 Å². The van der Waals surface area contributed by atoms with E-state index in [1.807, 2.05) is 13.0 Å². The zero-order valence-corrected chi connectivity index (χ0v) is 14.0. The zero-order chi connectivity index (χ0) is 16.8. The highest BCUT2D eigenvalue weighted by Crippen LogP contribution is 2.25. The summed E-state index contributed by atoms with van der Waals surface area (Å²) >= 11 is 11.8. The largest absolute Gasteiger partial charge is 0.348 e. The molecule has 0 saturated heterocycles. The number of hydrogen-bond donors (Lipinski definition) is 2. The molecule has 0 radical (unpaired) electrons. The molecule has 6 heteroatoms. The van der Waals surface area contributed by atoms with E-state index >= 15 is 0 Å². The average Bonchev–Trinajstić information content (AvgIpc) is 2.55. The third-order valence-electron chi connectivity index (χ3n) is 3.27. The predicted octanol–water partition coefficient (Wildman–Crippen LogP) is 3.60. The lowest BCUT2D eigenvalue weighted by molar-refractivity contribution is -0.120. The summed E-state index contributed by atoms with van der Waals surface area (Å²) in [4.78, 5) is 23.8. The smallest absolute Gasteiger partial charge is 0.251 e. The lowest BCUT2D eigenvalue weighted by Crippen LogP contribution is -2.38. The quantitative estimate of drug-likeness (QED) is 0.865. The van der Waals surface area contributed by atoms with Crippen LogP contribution in [0.2, 0.25) is 10.0 Å². The summed E-state index contributed by atoms with van der Waals surface area (Å²) in [6.45, 7) is 1.73. The summed E-state index contributed by atoms with van der Waals surface area (Å²) in [5, 5.41) is 6.27. The number of carbonyl (C=O) groups excluding carboxylic acids is 2. The van der Waals surface area contributed by atoms with Crippen LogP contribution in [-0.4, -0.2) is 18.4 Å². The second kappa shape index (κ2) is 7.99. The van der Waals surface area contributed by atoms with Gasteiger partial charge in [-0.05, 0) is 36.8 Å². The Kier molecular flexibility index (Phi) is 6.02. The summed E-state index contributed by atoms with van der Waals surface area (Å²) in [5.41, 5.74) is 1.35. The summed E-state index contributed by atoms with van der Waals surface area (Å²) < 4.78 is 0. The van der Waals surface area contributed by atoms with E-state index in [0.29, 0.717) is 15.6 Å². The van der Waals surface area contributed by atoms with Gasteiger partial charge in [-0.3, -0.25) is 9.59 Å². The molecule has 2 N–H and O–H groups in total. The van der Waals surface area contributed by atoms with Crippen LogP contribution in [0.25, 0.3) is 0 Å². The highest BCUT2D eigenvalue weighted by atomic mass is 35.5. The lowest BCUT2D eigenvalue weighted by Gasteiger charge is -2.15. The molecule has 0 aliphatic rings. The minimum Gasteiger partial charge on any atom is -0.348 e. The lowest BCUT2D eigenvalue weighted by atomic mass is 10.1. The van der Waals surface area contributed by atoms with Crippen LogP contribution in [0.1, 0.15) is 28.9 Å². The monoisotopic (exact) mass is 350 g/mol. The maximum atomic E-state index is 11.9. The van der Waals surface area contributed by atoms with Crippen molar-refractivity contribution in [2.75, 3.05) is 6.54 Å². The van der Waals surface area contributed by atoms with Gasteiger partial charge in [0.2, 0.25) is 5.91 Å². The molecule has 2 amide bonds. The first-order chi connectivity index (χ1) is 11.0. The molecule has 0 saturated carbocycles. The fourth-order valence-electron chi connectivity index (χ4n) is 2.01. The van der Waals surface area contributed by atoms with Gasteiger partial charge in [0.05, 0.1) is 22.6 Å². The summed E-state index contributed by atoms with van der Waals surface area (Å²) in [6, 6.07) is 13.7. The second-order valence-electron chi connectivity index (χ2n) is 5.01. The number of rotatable bonds is 5. The van der Waals surface area contributed by atoms with Crippen LogP contribution in [0.4, 0.5) is 0 Å². The summed E-state index contributed by atoms with van der Waals surface area (Å²) in [7, 11) is 0. The molecule has 2 aromatic carbocycles. The van der Waals surface area contributed by atoms with Crippen molar-refractivity contribution in [3.63, 3.8) is 0 Å². The minimum absolute atomic E-state index is 0.0978. The van der Waals surface area contributed by atoms with Gasteiger partial charge in [-0.2, -0.15) is 0 Å². The predicted molar refractivity (Wildman–Crippen MR) is 91.8 cm³/mol. The average molecular weight is 351 g/mol. The molecule has 23 heavy (non-hydrogen) atoms. The Morgan fingerprint density at radius 3 is 2.39 bits per heavy atom. The molecule has 0 spiro atoms. The number of amides is 2. The maximum absolute atomic E-state index is 11.9. The second-order valence-corrected chi connectivity index (χ2v) is 5.83. The molecule has 0 aromatic heterocycles. The van der Waals surface area contributed by atoms with E-state index in [1.54, 1.807) is 42.5 Å². The van der Waals surface area contributed by atoms with Gasteiger partial charge >= 0.3 is 0 Å². The van der Waals surface area contributed by atoms with Crippen LogP contribution in [-0.2, 0) is 4.79 Å². The van der Waals surface area contributed by atoms with Crippen molar-refractivity contribution in [3.8, 4) is 0 Å². The van der Waals surface area contributed by atoms with E-state index in [4.69, 9.17) is 23.2 Å². The molecular formula is C17H16Cl2N2O2. The van der Waals surface area contributed by atoms with Gasteiger partial charge in [-0.25, -0.2) is 0 Å². The van der Waals surface area contributed by atoms with Crippen molar-refractivity contribution in [2.45, 2.75) is 13.0 Å². The first-order valence-corrected chi connectivity index (χ1v) is 7.80. The van der Waals surface area contributed by atoms with Crippen molar-refractivity contribution in [3.05, 3.63) is 69.7 Å². The van der Waals surface area contributed by atoms with Crippen molar-refractivity contribution < 1.29 is 9.59 Å². The SMILES string of the molecule is CC(NC(=O)CNC(=O)c1ccccc1)c1ccc(Cl)c(Cl)c1. The van der Waals surface area contributed by atoms with Crippen LogP contribution < -0.4 is 10.6 Å². The number of halogens is 2. The molecular weight excluding hydrogens is 335 g/mol. The molecule has 0 heterocycles. The number of nitrogens with one attached hydrogen (secondary N) is 2. The topological polar surface area (TPSA) is 58.2 Å². The van der Waals surface area contributed by atoms with Crippen molar-refractivity contribution in [1.29, 1.82) is 0 Å². The molecule has 1 atom stereocenters. The van der Waals surface area contributed by atoms with E-state index < -0.39 is 0 Å². The van der Waals surface area contributed by atoms with Gasteiger partial charge in [0.1, 0.15) is 0 Å².